The van der Waals surface area contributed by atoms with Crippen molar-refractivity contribution < 1.29 is 28.7 Å². The van der Waals surface area contributed by atoms with E-state index in [0.29, 0.717) is 27.5 Å². The van der Waals surface area contributed by atoms with Crippen LogP contribution in [0, 0.1) is 0 Å². The van der Waals surface area contributed by atoms with Gasteiger partial charge in [0.05, 0.1) is 13.5 Å². The maximum Gasteiger partial charge on any atom is 0.310 e. The number of ether oxygens (including phenoxy) is 2. The number of methoxy groups -OCH3 is 1. The highest BCUT2D eigenvalue weighted by Gasteiger charge is 2.14. The third-order valence-electron chi connectivity index (χ3n) is 3.81. The van der Waals surface area contributed by atoms with Crippen LogP contribution >= 0.6 is 11.6 Å². The molecule has 0 aliphatic carbocycles. The van der Waals surface area contributed by atoms with Crippen molar-refractivity contribution in [1.29, 1.82) is 0 Å². The molecule has 0 bridgehead atoms. The second-order valence-corrected chi connectivity index (χ2v) is 6.37. The van der Waals surface area contributed by atoms with E-state index >= 15 is 0 Å². The molecule has 152 valence electrons. The standard InChI is InChI=1S/C20H19ClN2O6/c1-12(24)14-5-8-17(28-2)15(9-14)10-19(26)29-11-18(25)22-23-20(27)13-3-6-16(21)7-4-13/h3-9H,10-11H2,1-2H3,(H,22,25)(H,23,27). The van der Waals surface area contributed by atoms with E-state index in [2.05, 4.69) is 10.9 Å². The molecule has 0 aromatic heterocycles. The highest BCUT2D eigenvalue weighted by molar-refractivity contribution is 6.30. The number of Topliss-reactive ketones (excluding diaryl/α,β-unsaturated/α-hetero) is 1. The zero-order valence-corrected chi connectivity index (χ0v) is 16.5. The smallest absolute Gasteiger partial charge is 0.310 e. The van der Waals surface area contributed by atoms with Crippen LogP contribution in [0.15, 0.2) is 42.5 Å². The number of esters is 1. The minimum absolute atomic E-state index is 0.155. The summed E-state index contributed by atoms with van der Waals surface area (Å²) < 4.78 is 10.1. The molecule has 2 aromatic rings. The molecule has 0 spiro atoms. The summed E-state index contributed by atoms with van der Waals surface area (Å²) in [5.41, 5.74) is 5.53. The summed E-state index contributed by atoms with van der Waals surface area (Å²) in [7, 11) is 1.44. The molecule has 2 N–H and O–H groups in total. The number of rotatable bonds is 7. The van der Waals surface area contributed by atoms with E-state index in [0.717, 1.165) is 0 Å². The zero-order chi connectivity index (χ0) is 21.4. The van der Waals surface area contributed by atoms with Crippen LogP contribution in [0.2, 0.25) is 5.02 Å². The predicted molar refractivity (Wildman–Crippen MR) is 105 cm³/mol. The topological polar surface area (TPSA) is 111 Å². The van der Waals surface area contributed by atoms with Gasteiger partial charge in [-0.3, -0.25) is 30.0 Å². The first-order chi connectivity index (χ1) is 13.8. The van der Waals surface area contributed by atoms with E-state index in [1.54, 1.807) is 12.1 Å². The molecule has 0 heterocycles. The van der Waals surface area contributed by atoms with Crippen molar-refractivity contribution in [3.63, 3.8) is 0 Å². The summed E-state index contributed by atoms with van der Waals surface area (Å²) in [5.74, 6) is -1.69. The lowest BCUT2D eigenvalue weighted by molar-refractivity contribution is -0.148. The summed E-state index contributed by atoms with van der Waals surface area (Å²) in [5, 5.41) is 0.475. The highest BCUT2D eigenvalue weighted by atomic mass is 35.5. The first-order valence-corrected chi connectivity index (χ1v) is 8.86. The van der Waals surface area contributed by atoms with Crippen LogP contribution in [0.5, 0.6) is 5.75 Å². The van der Waals surface area contributed by atoms with Gasteiger partial charge in [-0.1, -0.05) is 11.6 Å². The fourth-order valence-corrected chi connectivity index (χ4v) is 2.45. The van der Waals surface area contributed by atoms with Gasteiger partial charge in [-0.2, -0.15) is 0 Å². The maximum absolute atomic E-state index is 12.0. The van der Waals surface area contributed by atoms with Crippen LogP contribution < -0.4 is 15.6 Å². The first kappa shape index (κ1) is 21.9. The summed E-state index contributed by atoms with van der Waals surface area (Å²) in [6, 6.07) is 10.8. The van der Waals surface area contributed by atoms with E-state index in [1.807, 2.05) is 0 Å². The first-order valence-electron chi connectivity index (χ1n) is 8.48. The number of carbonyl (C=O) groups excluding carboxylic acids is 4. The van der Waals surface area contributed by atoms with Crippen LogP contribution in [0.1, 0.15) is 33.2 Å². The van der Waals surface area contributed by atoms with Crippen LogP contribution in [0.3, 0.4) is 0 Å². The van der Waals surface area contributed by atoms with Crippen molar-refractivity contribution in [3.05, 3.63) is 64.2 Å². The molecule has 0 saturated heterocycles. The second kappa shape index (κ2) is 10.2. The average molecular weight is 419 g/mol. The SMILES string of the molecule is COc1ccc(C(C)=O)cc1CC(=O)OCC(=O)NNC(=O)c1ccc(Cl)cc1. The number of benzene rings is 2. The van der Waals surface area contributed by atoms with Gasteiger partial charge in [0, 0.05) is 21.7 Å². The number of hydrazine groups is 1. The lowest BCUT2D eigenvalue weighted by Crippen LogP contribution is -2.43. The van der Waals surface area contributed by atoms with Crippen molar-refractivity contribution in [2.75, 3.05) is 13.7 Å². The van der Waals surface area contributed by atoms with E-state index < -0.39 is 24.4 Å². The Labute approximate surface area is 172 Å². The molecule has 0 saturated carbocycles. The number of nitrogens with one attached hydrogen (secondary N) is 2. The number of halogens is 1. The minimum Gasteiger partial charge on any atom is -0.496 e. The van der Waals surface area contributed by atoms with E-state index in [1.165, 1.54) is 44.4 Å². The molecule has 8 nitrogen and oxygen atoms in total. The van der Waals surface area contributed by atoms with Gasteiger partial charge < -0.3 is 9.47 Å². The Hall–Kier alpha value is -3.39. The Morgan fingerprint density at radius 2 is 1.62 bits per heavy atom. The van der Waals surface area contributed by atoms with Crippen LogP contribution in [-0.4, -0.2) is 37.3 Å². The molecule has 0 atom stereocenters. The van der Waals surface area contributed by atoms with Crippen molar-refractivity contribution in [2.24, 2.45) is 0 Å². The maximum atomic E-state index is 12.0. The zero-order valence-electron chi connectivity index (χ0n) is 15.8. The Morgan fingerprint density at radius 3 is 2.24 bits per heavy atom. The van der Waals surface area contributed by atoms with Gasteiger partial charge in [0.1, 0.15) is 5.75 Å². The van der Waals surface area contributed by atoms with Crippen molar-refractivity contribution in [1.82, 2.24) is 10.9 Å². The van der Waals surface area contributed by atoms with E-state index in [9.17, 15) is 19.2 Å². The van der Waals surface area contributed by atoms with Gasteiger partial charge in [-0.15, -0.1) is 0 Å². The van der Waals surface area contributed by atoms with Gasteiger partial charge in [0.2, 0.25) is 0 Å². The monoisotopic (exact) mass is 418 g/mol. The molecular formula is C20H19ClN2O6. The fraction of sp³-hybridized carbons (Fsp3) is 0.200. The summed E-state index contributed by atoms with van der Waals surface area (Å²) in [6.07, 6.45) is -0.186. The van der Waals surface area contributed by atoms with Gasteiger partial charge in [0.25, 0.3) is 11.8 Å². The molecule has 2 aromatic carbocycles. The molecule has 0 aliphatic heterocycles. The Kier molecular flexibility index (Phi) is 7.73. The molecule has 2 amide bonds. The van der Waals surface area contributed by atoms with Crippen LogP contribution in [-0.2, 0) is 20.7 Å². The number of carbonyl (C=O) groups is 4. The van der Waals surface area contributed by atoms with Gasteiger partial charge in [-0.05, 0) is 49.4 Å². The van der Waals surface area contributed by atoms with Crippen molar-refractivity contribution in [2.45, 2.75) is 13.3 Å². The molecule has 2 rings (SSSR count). The Balaban J connectivity index is 1.83. The molecular weight excluding hydrogens is 400 g/mol. The Morgan fingerprint density at radius 1 is 0.966 bits per heavy atom. The van der Waals surface area contributed by atoms with Crippen LogP contribution in [0.4, 0.5) is 0 Å². The number of ketones is 1. The predicted octanol–water partition coefficient (Wildman–Crippen LogP) is 2.10. The summed E-state index contributed by atoms with van der Waals surface area (Å²) in [4.78, 5) is 47.2. The van der Waals surface area contributed by atoms with E-state index in [4.69, 9.17) is 21.1 Å². The molecule has 0 fully saturated rings. The van der Waals surface area contributed by atoms with Crippen LogP contribution in [0.25, 0.3) is 0 Å². The quantitative estimate of drug-likeness (QED) is 0.404. The molecule has 0 unspecified atom stereocenters. The highest BCUT2D eigenvalue weighted by Crippen LogP contribution is 2.21. The number of amides is 2. The number of hydrogen-bond acceptors (Lipinski definition) is 6. The minimum atomic E-state index is -0.717. The van der Waals surface area contributed by atoms with E-state index in [-0.39, 0.29) is 12.2 Å². The Bertz CT molecular complexity index is 927. The molecule has 29 heavy (non-hydrogen) atoms. The van der Waals surface area contributed by atoms with Crippen molar-refractivity contribution in [3.8, 4) is 5.75 Å². The average Bonchev–Trinajstić information content (AvgIpc) is 2.70. The summed E-state index contributed by atoms with van der Waals surface area (Å²) in [6.45, 7) is 0.820. The molecule has 0 radical (unpaired) electrons. The third-order valence-corrected chi connectivity index (χ3v) is 4.06. The number of hydrogen-bond donors (Lipinski definition) is 2. The van der Waals surface area contributed by atoms with Crippen molar-refractivity contribution >= 4 is 35.2 Å². The lowest BCUT2D eigenvalue weighted by atomic mass is 10.0. The van der Waals surface area contributed by atoms with Gasteiger partial charge in [-0.25, -0.2) is 0 Å². The molecule has 9 heteroatoms. The fourth-order valence-electron chi connectivity index (χ4n) is 2.32. The lowest BCUT2D eigenvalue weighted by Gasteiger charge is -2.11. The summed E-state index contributed by atoms with van der Waals surface area (Å²) >= 11 is 5.74. The second-order valence-electron chi connectivity index (χ2n) is 5.93. The largest absolute Gasteiger partial charge is 0.496 e. The van der Waals surface area contributed by atoms with Gasteiger partial charge >= 0.3 is 5.97 Å². The molecule has 0 aliphatic rings. The third kappa shape index (κ3) is 6.62. The van der Waals surface area contributed by atoms with Gasteiger partial charge in [0.15, 0.2) is 12.4 Å². The normalized spacial score (nSPS) is 10.0.